The predicted molar refractivity (Wildman–Crippen MR) is 85.1 cm³/mol. The molecule has 1 saturated heterocycles. The zero-order chi connectivity index (χ0) is 14.7. The highest BCUT2D eigenvalue weighted by molar-refractivity contribution is 5.77. The van der Waals surface area contributed by atoms with Gasteiger partial charge in [0, 0.05) is 39.1 Å². The van der Waals surface area contributed by atoms with Crippen LogP contribution in [0.1, 0.15) is 31.7 Å². The van der Waals surface area contributed by atoms with Crippen molar-refractivity contribution in [3.8, 4) is 0 Å². The van der Waals surface area contributed by atoms with Gasteiger partial charge in [-0.1, -0.05) is 37.3 Å². The van der Waals surface area contributed by atoms with Gasteiger partial charge in [0.15, 0.2) is 0 Å². The molecule has 0 unspecified atom stereocenters. The molecule has 1 aromatic rings. The van der Waals surface area contributed by atoms with E-state index in [1.165, 1.54) is 18.4 Å². The number of carbonyl (C=O) groups excluding carboxylic acids is 1. The SMILES string of the molecule is CC1(CC(=O)N2CCN(CCc3ccccc3)CC2)CC1. The molecule has 3 nitrogen and oxygen atoms in total. The number of rotatable bonds is 5. The Hall–Kier alpha value is -1.35. The highest BCUT2D eigenvalue weighted by Gasteiger charge is 2.40. The number of benzene rings is 1. The second-order valence-electron chi connectivity index (χ2n) is 6.95. The molecule has 0 radical (unpaired) electrons. The molecule has 2 aliphatic rings. The van der Waals surface area contributed by atoms with Crippen LogP contribution < -0.4 is 0 Å². The summed E-state index contributed by atoms with van der Waals surface area (Å²) in [7, 11) is 0. The molecule has 1 aliphatic heterocycles. The first kappa shape index (κ1) is 14.6. The normalized spacial score (nSPS) is 21.3. The fourth-order valence-electron chi connectivity index (χ4n) is 3.02. The Balaban J connectivity index is 1.39. The Kier molecular flexibility index (Phi) is 4.29. The van der Waals surface area contributed by atoms with Gasteiger partial charge in [0.2, 0.25) is 5.91 Å². The second kappa shape index (κ2) is 6.18. The molecule has 1 amide bonds. The van der Waals surface area contributed by atoms with E-state index >= 15 is 0 Å². The fraction of sp³-hybridized carbons (Fsp3) is 0.611. The molecular formula is C18H26N2O. The lowest BCUT2D eigenvalue weighted by Gasteiger charge is -2.35. The van der Waals surface area contributed by atoms with Crippen LogP contribution in [0.5, 0.6) is 0 Å². The molecule has 0 aromatic heterocycles. The van der Waals surface area contributed by atoms with Crippen LogP contribution >= 0.6 is 0 Å². The Bertz CT molecular complexity index is 473. The quantitative estimate of drug-likeness (QED) is 0.830. The lowest BCUT2D eigenvalue weighted by Crippen LogP contribution is -2.49. The van der Waals surface area contributed by atoms with Gasteiger partial charge >= 0.3 is 0 Å². The molecule has 3 heteroatoms. The van der Waals surface area contributed by atoms with Gasteiger partial charge in [-0.15, -0.1) is 0 Å². The van der Waals surface area contributed by atoms with Gasteiger partial charge in [0.25, 0.3) is 0 Å². The van der Waals surface area contributed by atoms with E-state index < -0.39 is 0 Å². The third-order valence-electron chi connectivity index (χ3n) is 4.97. The van der Waals surface area contributed by atoms with Crippen molar-refractivity contribution in [2.45, 2.75) is 32.6 Å². The minimum absolute atomic E-state index is 0.335. The number of nitrogens with zero attached hydrogens (tertiary/aromatic N) is 2. The van der Waals surface area contributed by atoms with E-state index in [1.54, 1.807) is 0 Å². The Morgan fingerprint density at radius 2 is 1.76 bits per heavy atom. The summed E-state index contributed by atoms with van der Waals surface area (Å²) < 4.78 is 0. The van der Waals surface area contributed by atoms with Crippen molar-refractivity contribution < 1.29 is 4.79 Å². The van der Waals surface area contributed by atoms with E-state index in [0.717, 1.165) is 45.6 Å². The van der Waals surface area contributed by atoms with Crippen molar-refractivity contribution >= 4 is 5.91 Å². The summed E-state index contributed by atoms with van der Waals surface area (Å²) in [5.41, 5.74) is 1.74. The summed E-state index contributed by atoms with van der Waals surface area (Å²) in [6.07, 6.45) is 4.33. The number of amides is 1. The van der Waals surface area contributed by atoms with E-state index in [9.17, 15) is 4.79 Å². The molecule has 1 heterocycles. The van der Waals surface area contributed by atoms with E-state index in [2.05, 4.69) is 47.1 Å². The van der Waals surface area contributed by atoms with E-state index in [4.69, 9.17) is 0 Å². The molecule has 0 N–H and O–H groups in total. The highest BCUT2D eigenvalue weighted by atomic mass is 16.2. The fourth-order valence-corrected chi connectivity index (χ4v) is 3.02. The van der Waals surface area contributed by atoms with Gasteiger partial charge < -0.3 is 4.90 Å². The smallest absolute Gasteiger partial charge is 0.223 e. The summed E-state index contributed by atoms with van der Waals surface area (Å²) in [6, 6.07) is 10.6. The standard InChI is InChI=1S/C18H26N2O/c1-18(8-9-18)15-17(21)20-13-11-19(12-14-20)10-7-16-5-3-2-4-6-16/h2-6H,7-15H2,1H3. The van der Waals surface area contributed by atoms with Crippen molar-refractivity contribution in [3.05, 3.63) is 35.9 Å². The number of hydrogen-bond donors (Lipinski definition) is 0. The predicted octanol–water partition coefficient (Wildman–Crippen LogP) is 2.56. The molecule has 1 saturated carbocycles. The van der Waals surface area contributed by atoms with Crippen LogP contribution in [0.15, 0.2) is 30.3 Å². The Labute approximate surface area is 127 Å². The minimum atomic E-state index is 0.335. The van der Waals surface area contributed by atoms with Gasteiger partial charge in [-0.25, -0.2) is 0 Å². The van der Waals surface area contributed by atoms with Crippen LogP contribution in [-0.2, 0) is 11.2 Å². The first-order chi connectivity index (χ1) is 10.1. The molecule has 1 aromatic carbocycles. The lowest BCUT2D eigenvalue weighted by atomic mass is 10.0. The molecule has 114 valence electrons. The summed E-state index contributed by atoms with van der Waals surface area (Å²) in [5, 5.41) is 0. The van der Waals surface area contributed by atoms with Crippen molar-refractivity contribution in [2.24, 2.45) is 5.41 Å². The number of hydrogen-bond acceptors (Lipinski definition) is 2. The molecule has 0 spiro atoms. The Morgan fingerprint density at radius 3 is 2.38 bits per heavy atom. The molecule has 3 rings (SSSR count). The Morgan fingerprint density at radius 1 is 1.10 bits per heavy atom. The van der Waals surface area contributed by atoms with Gasteiger partial charge in [-0.2, -0.15) is 0 Å². The molecule has 0 atom stereocenters. The van der Waals surface area contributed by atoms with Crippen LogP contribution in [0.2, 0.25) is 0 Å². The zero-order valence-electron chi connectivity index (χ0n) is 13.1. The molecular weight excluding hydrogens is 260 g/mol. The van der Waals surface area contributed by atoms with Crippen LogP contribution in [0.3, 0.4) is 0 Å². The van der Waals surface area contributed by atoms with Gasteiger partial charge in [0.05, 0.1) is 0 Å². The van der Waals surface area contributed by atoms with E-state index in [-0.39, 0.29) is 0 Å². The maximum atomic E-state index is 12.2. The third kappa shape index (κ3) is 4.07. The van der Waals surface area contributed by atoms with Crippen LogP contribution in [0.4, 0.5) is 0 Å². The first-order valence-electron chi connectivity index (χ1n) is 8.19. The first-order valence-corrected chi connectivity index (χ1v) is 8.19. The van der Waals surface area contributed by atoms with Crippen molar-refractivity contribution in [1.29, 1.82) is 0 Å². The van der Waals surface area contributed by atoms with E-state index in [1.807, 2.05) is 0 Å². The maximum absolute atomic E-state index is 12.2. The van der Waals surface area contributed by atoms with Gasteiger partial charge in [-0.3, -0.25) is 9.69 Å². The van der Waals surface area contributed by atoms with Crippen LogP contribution in [0, 0.1) is 5.41 Å². The third-order valence-corrected chi connectivity index (χ3v) is 4.97. The molecule has 0 bridgehead atoms. The van der Waals surface area contributed by atoms with Crippen LogP contribution in [-0.4, -0.2) is 48.4 Å². The molecule has 2 fully saturated rings. The minimum Gasteiger partial charge on any atom is -0.340 e. The summed E-state index contributed by atoms with van der Waals surface area (Å²) in [6.45, 7) is 7.20. The average molecular weight is 286 g/mol. The topological polar surface area (TPSA) is 23.6 Å². The largest absolute Gasteiger partial charge is 0.340 e. The van der Waals surface area contributed by atoms with Crippen molar-refractivity contribution in [1.82, 2.24) is 9.80 Å². The lowest BCUT2D eigenvalue weighted by molar-refractivity contribution is -0.134. The van der Waals surface area contributed by atoms with Gasteiger partial charge in [0.1, 0.15) is 0 Å². The van der Waals surface area contributed by atoms with Gasteiger partial charge in [-0.05, 0) is 30.2 Å². The van der Waals surface area contributed by atoms with Crippen LogP contribution in [0.25, 0.3) is 0 Å². The van der Waals surface area contributed by atoms with E-state index in [0.29, 0.717) is 11.3 Å². The number of piperazine rings is 1. The average Bonchev–Trinajstić information content (AvgIpc) is 3.24. The zero-order valence-corrected chi connectivity index (χ0v) is 13.1. The molecule has 1 aliphatic carbocycles. The monoisotopic (exact) mass is 286 g/mol. The summed E-state index contributed by atoms with van der Waals surface area (Å²) in [5.74, 6) is 0.373. The summed E-state index contributed by atoms with van der Waals surface area (Å²) >= 11 is 0. The van der Waals surface area contributed by atoms with Crippen molar-refractivity contribution in [2.75, 3.05) is 32.7 Å². The summed E-state index contributed by atoms with van der Waals surface area (Å²) in [4.78, 5) is 16.8. The molecule has 21 heavy (non-hydrogen) atoms. The maximum Gasteiger partial charge on any atom is 0.223 e. The second-order valence-corrected chi connectivity index (χ2v) is 6.95. The van der Waals surface area contributed by atoms with Crippen molar-refractivity contribution in [3.63, 3.8) is 0 Å². The number of carbonyl (C=O) groups is 1. The highest BCUT2D eigenvalue weighted by Crippen LogP contribution is 2.48.